The molecule has 0 aliphatic carbocycles. The van der Waals surface area contributed by atoms with Crippen molar-refractivity contribution in [2.75, 3.05) is 40.0 Å². The number of benzene rings is 1. The van der Waals surface area contributed by atoms with Crippen LogP contribution in [0.4, 0.5) is 0 Å². The Balaban J connectivity index is 1.55. The monoisotopic (exact) mass is 471 g/mol. The quantitative estimate of drug-likeness (QED) is 0.475. The summed E-state index contributed by atoms with van der Waals surface area (Å²) in [7, 11) is 1.61. The highest BCUT2D eigenvalue weighted by atomic mass is 32.1. The molecular weight excluding hydrogens is 438 g/mol. The molecule has 0 bridgehead atoms. The number of aromatic nitrogens is 1. The Bertz CT molecular complexity index is 1040. The Morgan fingerprint density at radius 2 is 2.18 bits per heavy atom. The maximum absolute atomic E-state index is 9.95. The van der Waals surface area contributed by atoms with E-state index in [2.05, 4.69) is 33.1 Å². The van der Waals surface area contributed by atoms with Crippen LogP contribution in [0.3, 0.4) is 0 Å². The van der Waals surface area contributed by atoms with E-state index in [0.717, 1.165) is 41.5 Å². The number of likely N-dealkylation sites (tertiary alicyclic amines) is 1. The molecule has 0 saturated carbocycles. The summed E-state index contributed by atoms with van der Waals surface area (Å²) in [4.78, 5) is 17.4. The van der Waals surface area contributed by atoms with Crippen molar-refractivity contribution >= 4 is 23.0 Å². The van der Waals surface area contributed by atoms with Gasteiger partial charge in [0.25, 0.3) is 0 Å². The summed E-state index contributed by atoms with van der Waals surface area (Å²) >= 11 is 1.62. The Kier molecular flexibility index (Phi) is 7.43. The number of hydrogen-bond donors (Lipinski definition) is 2. The summed E-state index contributed by atoms with van der Waals surface area (Å²) in [5.41, 5.74) is 9.07. The van der Waals surface area contributed by atoms with Crippen LogP contribution in [-0.4, -0.2) is 78.8 Å². The van der Waals surface area contributed by atoms with Crippen LogP contribution in [0.5, 0.6) is 5.75 Å². The van der Waals surface area contributed by atoms with E-state index >= 15 is 0 Å². The normalized spacial score (nSPS) is 18.4. The van der Waals surface area contributed by atoms with Crippen molar-refractivity contribution in [3.63, 3.8) is 0 Å². The third-order valence-electron chi connectivity index (χ3n) is 5.66. The second-order valence-electron chi connectivity index (χ2n) is 8.97. The topological polar surface area (TPSA) is 106 Å². The molecule has 0 radical (unpaired) electrons. The fraction of sp³-hybridized carbons (Fsp3) is 0.542. The zero-order valence-corrected chi connectivity index (χ0v) is 20.6. The highest BCUT2D eigenvalue weighted by Crippen LogP contribution is 2.40. The first-order chi connectivity index (χ1) is 15.8. The Labute approximate surface area is 199 Å². The molecule has 8 nitrogen and oxygen atoms in total. The van der Waals surface area contributed by atoms with Crippen molar-refractivity contribution in [2.45, 2.75) is 45.3 Å². The minimum absolute atomic E-state index is 0.0997. The van der Waals surface area contributed by atoms with Crippen LogP contribution >= 0.6 is 11.3 Å². The molecule has 1 atom stereocenters. The van der Waals surface area contributed by atoms with Gasteiger partial charge in [0.2, 0.25) is 0 Å². The summed E-state index contributed by atoms with van der Waals surface area (Å²) in [5.74, 6) is 2.38. The van der Waals surface area contributed by atoms with Gasteiger partial charge in [0.05, 0.1) is 30.8 Å². The van der Waals surface area contributed by atoms with Crippen molar-refractivity contribution < 1.29 is 14.6 Å². The molecule has 0 amide bonds. The highest BCUT2D eigenvalue weighted by Gasteiger charge is 2.31. The first kappa shape index (κ1) is 23.8. The molecule has 1 fully saturated rings. The van der Waals surface area contributed by atoms with Gasteiger partial charge in [-0.3, -0.25) is 9.89 Å². The lowest BCUT2D eigenvalue weighted by molar-refractivity contribution is 0.0160. The van der Waals surface area contributed by atoms with E-state index in [9.17, 15) is 5.11 Å². The number of methoxy groups -OCH3 is 1. The number of β-amino-alcohol motifs (C(OH)–C–C–N with tert-alkyl or cyclic N) is 1. The van der Waals surface area contributed by atoms with E-state index in [1.807, 2.05) is 13.8 Å². The van der Waals surface area contributed by atoms with Crippen LogP contribution in [0.2, 0.25) is 0 Å². The Morgan fingerprint density at radius 1 is 1.39 bits per heavy atom. The van der Waals surface area contributed by atoms with Crippen molar-refractivity contribution in [2.24, 2.45) is 15.7 Å². The molecule has 1 aromatic heterocycles. The lowest BCUT2D eigenvalue weighted by Gasteiger charge is -2.40. The minimum Gasteiger partial charge on any atom is -0.492 e. The molecule has 33 heavy (non-hydrogen) atoms. The molecular formula is C24H33N5O3S. The molecule has 4 rings (SSSR count). The Hall–Kier alpha value is -2.33. The third-order valence-corrected chi connectivity index (χ3v) is 6.77. The predicted octanol–water partition coefficient (Wildman–Crippen LogP) is 2.68. The maximum Gasteiger partial charge on any atom is 0.186 e. The first-order valence-corrected chi connectivity index (χ1v) is 12.2. The fourth-order valence-electron chi connectivity index (χ4n) is 4.21. The number of aliphatic imine (C=N–C) groups is 2. The molecule has 2 aliphatic heterocycles. The molecule has 9 heteroatoms. The number of amidine groups is 2. The van der Waals surface area contributed by atoms with Gasteiger partial charge in [-0.15, -0.1) is 11.3 Å². The summed E-state index contributed by atoms with van der Waals surface area (Å²) in [6.07, 6.45) is 0.353. The zero-order chi connectivity index (χ0) is 23.5. The van der Waals surface area contributed by atoms with Gasteiger partial charge in [0.15, 0.2) is 10.8 Å². The van der Waals surface area contributed by atoms with E-state index in [4.69, 9.17) is 20.2 Å². The maximum atomic E-state index is 9.95. The largest absolute Gasteiger partial charge is 0.492 e. The lowest BCUT2D eigenvalue weighted by Crippen LogP contribution is -2.48. The van der Waals surface area contributed by atoms with Crippen molar-refractivity contribution in [3.8, 4) is 17.0 Å². The van der Waals surface area contributed by atoms with Gasteiger partial charge in [-0.25, -0.2) is 9.98 Å². The van der Waals surface area contributed by atoms with Crippen LogP contribution in [0.25, 0.3) is 11.3 Å². The summed E-state index contributed by atoms with van der Waals surface area (Å²) < 4.78 is 11.1. The summed E-state index contributed by atoms with van der Waals surface area (Å²) in [6, 6.07) is 6.55. The van der Waals surface area contributed by atoms with Crippen LogP contribution < -0.4 is 10.5 Å². The van der Waals surface area contributed by atoms with E-state index < -0.39 is 6.10 Å². The Morgan fingerprint density at radius 3 is 2.88 bits per heavy atom. The van der Waals surface area contributed by atoms with Gasteiger partial charge < -0.3 is 20.3 Å². The number of thiazole rings is 1. The first-order valence-electron chi connectivity index (χ1n) is 11.4. The molecule has 2 aromatic rings. The number of aliphatic hydroxyl groups is 1. The minimum atomic E-state index is -0.444. The molecule has 2 aliphatic rings. The average Bonchev–Trinajstić information content (AvgIpc) is 3.06. The number of rotatable bonds is 7. The third kappa shape index (κ3) is 5.60. The molecule has 3 heterocycles. The second-order valence-corrected chi connectivity index (χ2v) is 10.1. The van der Waals surface area contributed by atoms with Crippen LogP contribution in [0, 0.1) is 0 Å². The van der Waals surface area contributed by atoms with Gasteiger partial charge in [-0.1, -0.05) is 6.07 Å². The highest BCUT2D eigenvalue weighted by molar-refractivity contribution is 7.14. The fourth-order valence-corrected chi connectivity index (χ4v) is 5.20. The molecule has 1 unspecified atom stereocenters. The van der Waals surface area contributed by atoms with Crippen molar-refractivity contribution in [3.05, 3.63) is 33.6 Å². The lowest BCUT2D eigenvalue weighted by atomic mass is 9.90. The zero-order valence-electron chi connectivity index (χ0n) is 19.7. The second kappa shape index (κ2) is 10.3. The predicted molar refractivity (Wildman–Crippen MR) is 133 cm³/mol. The van der Waals surface area contributed by atoms with Gasteiger partial charge in [-0.2, -0.15) is 0 Å². The standard InChI is InChI=1S/C24H33N5O3S/c1-14(2)26-23(27-15(3)25)24-28-22-19-6-5-16(9-20(19)32-8-7-21(22)33-24)17-10-29(11-17)12-18(30)13-31-4/h5-6,9,14,17-18,30H,7-8,10-13H2,1-4H3,(H2,25,26,27). The van der Waals surface area contributed by atoms with E-state index in [0.29, 0.717) is 37.3 Å². The number of hydrogen-bond acceptors (Lipinski definition) is 7. The molecule has 178 valence electrons. The van der Waals surface area contributed by atoms with Gasteiger partial charge in [0, 0.05) is 55.6 Å². The van der Waals surface area contributed by atoms with Crippen LogP contribution in [-0.2, 0) is 11.2 Å². The average molecular weight is 472 g/mol. The number of fused-ring (bicyclic) bond motifs is 3. The number of aliphatic hydroxyl groups excluding tert-OH is 1. The molecule has 0 spiro atoms. The van der Waals surface area contributed by atoms with Gasteiger partial charge in [-0.05, 0) is 38.5 Å². The van der Waals surface area contributed by atoms with E-state index in [-0.39, 0.29) is 6.04 Å². The van der Waals surface area contributed by atoms with Crippen molar-refractivity contribution in [1.82, 2.24) is 9.88 Å². The van der Waals surface area contributed by atoms with E-state index in [1.165, 1.54) is 10.4 Å². The smallest absolute Gasteiger partial charge is 0.186 e. The van der Waals surface area contributed by atoms with Crippen LogP contribution in [0.1, 0.15) is 42.1 Å². The number of nitrogens with two attached hydrogens (primary N) is 1. The van der Waals surface area contributed by atoms with Crippen LogP contribution in [0.15, 0.2) is 28.2 Å². The molecule has 1 saturated heterocycles. The van der Waals surface area contributed by atoms with E-state index in [1.54, 1.807) is 25.4 Å². The SMILES string of the molecule is COCC(O)CN1CC(c2ccc3c(c2)OCCc2sc(C(N=C(C)N)=NC(C)C)nc2-3)C1. The van der Waals surface area contributed by atoms with Crippen molar-refractivity contribution in [1.29, 1.82) is 0 Å². The van der Waals surface area contributed by atoms with Gasteiger partial charge in [0.1, 0.15) is 5.75 Å². The molecule has 3 N–H and O–H groups in total. The summed E-state index contributed by atoms with van der Waals surface area (Å²) in [6.45, 7) is 9.27. The number of ether oxygens (including phenoxy) is 2. The summed E-state index contributed by atoms with van der Waals surface area (Å²) in [5, 5.41) is 10.7. The number of nitrogens with zero attached hydrogens (tertiary/aromatic N) is 4. The molecule has 1 aromatic carbocycles. The van der Waals surface area contributed by atoms with Gasteiger partial charge >= 0.3 is 0 Å².